The molecule has 37 heavy (non-hydrogen) atoms. The fourth-order valence-electron chi connectivity index (χ4n) is 5.10. The number of amides is 1. The second-order valence-electron chi connectivity index (χ2n) is 11.1. The number of aryl methyl sites for hydroxylation is 2. The van der Waals surface area contributed by atoms with Gasteiger partial charge < -0.3 is 19.4 Å². The van der Waals surface area contributed by atoms with Gasteiger partial charge in [-0.15, -0.1) is 0 Å². The summed E-state index contributed by atoms with van der Waals surface area (Å²) in [5.74, 6) is 1.70. The number of imidazole rings is 1. The van der Waals surface area contributed by atoms with E-state index in [1.54, 1.807) is 0 Å². The normalized spacial score (nSPS) is 13.5. The molecule has 3 aromatic rings. The van der Waals surface area contributed by atoms with Crippen molar-refractivity contribution in [3.63, 3.8) is 0 Å². The minimum atomic E-state index is -0.0795. The van der Waals surface area contributed by atoms with Crippen LogP contribution >= 0.6 is 0 Å². The van der Waals surface area contributed by atoms with Gasteiger partial charge in [0, 0.05) is 36.6 Å². The molecule has 0 aliphatic carbocycles. The average molecular weight is 504 g/mol. The minimum absolute atomic E-state index is 0.0408. The summed E-state index contributed by atoms with van der Waals surface area (Å²) < 4.78 is 13.5. The molecule has 2 heterocycles. The van der Waals surface area contributed by atoms with Crippen LogP contribution in [0.2, 0.25) is 0 Å². The number of carbonyl (C=O) groups is 1. The predicted octanol–water partition coefficient (Wildman–Crippen LogP) is 7.23. The molecule has 4 rings (SSSR count). The van der Waals surface area contributed by atoms with Crippen molar-refractivity contribution in [3.8, 4) is 11.5 Å². The minimum Gasteiger partial charge on any atom is -0.454 e. The van der Waals surface area contributed by atoms with E-state index in [1.165, 1.54) is 5.56 Å². The zero-order chi connectivity index (χ0) is 26.3. The molecule has 0 saturated carbocycles. The molecule has 0 radical (unpaired) electrons. The van der Waals surface area contributed by atoms with E-state index in [-0.39, 0.29) is 24.0 Å². The first-order valence-electron chi connectivity index (χ1n) is 13.6. The van der Waals surface area contributed by atoms with Crippen LogP contribution in [-0.4, -0.2) is 22.3 Å². The molecule has 0 spiro atoms. The SMILES string of the molecule is CCCCCC(CC(=O)Nc1cc(CCCn2ccnc2)ccc1C(C)(C)C)c1cccc2c1OCO2. The number of unbranched alkanes of at least 4 members (excludes halogenated alkanes) is 2. The second-order valence-corrected chi connectivity index (χ2v) is 11.1. The molecule has 6 nitrogen and oxygen atoms in total. The summed E-state index contributed by atoms with van der Waals surface area (Å²) in [6, 6.07) is 12.6. The molecule has 1 atom stereocenters. The smallest absolute Gasteiger partial charge is 0.231 e. The van der Waals surface area contributed by atoms with Crippen LogP contribution in [0.4, 0.5) is 5.69 Å². The summed E-state index contributed by atoms with van der Waals surface area (Å²) in [6.07, 6.45) is 12.4. The first kappa shape index (κ1) is 26.8. The number of carbonyl (C=O) groups excluding carboxylic acids is 1. The van der Waals surface area contributed by atoms with Gasteiger partial charge >= 0.3 is 0 Å². The molecule has 0 bridgehead atoms. The third-order valence-corrected chi connectivity index (χ3v) is 7.06. The molecule has 1 amide bonds. The summed E-state index contributed by atoms with van der Waals surface area (Å²) >= 11 is 0. The first-order valence-corrected chi connectivity index (χ1v) is 13.6. The summed E-state index contributed by atoms with van der Waals surface area (Å²) in [6.45, 7) is 9.94. The third-order valence-electron chi connectivity index (χ3n) is 7.06. The largest absolute Gasteiger partial charge is 0.454 e. The van der Waals surface area contributed by atoms with Crippen LogP contribution in [0.5, 0.6) is 11.5 Å². The maximum atomic E-state index is 13.5. The second kappa shape index (κ2) is 12.3. The Morgan fingerprint density at radius 1 is 1.14 bits per heavy atom. The number of hydrogen-bond acceptors (Lipinski definition) is 4. The van der Waals surface area contributed by atoms with Gasteiger partial charge in [0.1, 0.15) is 0 Å². The van der Waals surface area contributed by atoms with Crippen LogP contribution in [0.25, 0.3) is 0 Å². The molecule has 1 aliphatic rings. The zero-order valence-corrected chi connectivity index (χ0v) is 22.8. The van der Waals surface area contributed by atoms with E-state index in [0.29, 0.717) is 6.42 Å². The maximum Gasteiger partial charge on any atom is 0.231 e. The van der Waals surface area contributed by atoms with Crippen LogP contribution in [-0.2, 0) is 23.2 Å². The van der Waals surface area contributed by atoms with Crippen LogP contribution in [0, 0.1) is 0 Å². The van der Waals surface area contributed by atoms with Gasteiger partial charge in [-0.2, -0.15) is 0 Å². The maximum absolute atomic E-state index is 13.5. The molecule has 1 unspecified atom stereocenters. The number of hydrogen-bond donors (Lipinski definition) is 1. The van der Waals surface area contributed by atoms with Crippen molar-refractivity contribution in [3.05, 3.63) is 71.8 Å². The highest BCUT2D eigenvalue weighted by Gasteiger charge is 2.26. The highest BCUT2D eigenvalue weighted by atomic mass is 16.7. The molecule has 0 fully saturated rings. The third kappa shape index (κ3) is 7.15. The lowest BCUT2D eigenvalue weighted by Gasteiger charge is -2.25. The van der Waals surface area contributed by atoms with Crippen molar-refractivity contribution in [2.45, 2.75) is 90.5 Å². The van der Waals surface area contributed by atoms with E-state index in [0.717, 1.165) is 73.4 Å². The first-order chi connectivity index (χ1) is 17.8. The van der Waals surface area contributed by atoms with Gasteiger partial charge in [-0.05, 0) is 53.9 Å². The van der Waals surface area contributed by atoms with Crippen molar-refractivity contribution in [1.82, 2.24) is 9.55 Å². The summed E-state index contributed by atoms with van der Waals surface area (Å²) in [5.41, 5.74) is 4.30. The van der Waals surface area contributed by atoms with Crippen molar-refractivity contribution in [2.75, 3.05) is 12.1 Å². The molecular formula is C31H41N3O3. The van der Waals surface area contributed by atoms with Crippen LogP contribution in [0.3, 0.4) is 0 Å². The monoisotopic (exact) mass is 503 g/mol. The molecule has 2 aromatic carbocycles. The lowest BCUT2D eigenvalue weighted by atomic mass is 9.84. The van der Waals surface area contributed by atoms with E-state index in [2.05, 4.69) is 66.8 Å². The van der Waals surface area contributed by atoms with Gasteiger partial charge in [-0.1, -0.05) is 71.2 Å². The molecule has 198 valence electrons. The summed E-state index contributed by atoms with van der Waals surface area (Å²) in [7, 11) is 0. The van der Waals surface area contributed by atoms with Gasteiger partial charge in [-0.25, -0.2) is 4.98 Å². The van der Waals surface area contributed by atoms with Crippen LogP contribution in [0.1, 0.15) is 88.8 Å². The molecule has 1 aliphatic heterocycles. The Morgan fingerprint density at radius 2 is 2.00 bits per heavy atom. The lowest BCUT2D eigenvalue weighted by molar-refractivity contribution is -0.116. The molecule has 1 N–H and O–H groups in total. The number of nitrogens with zero attached hydrogens (tertiary/aromatic N) is 2. The Morgan fingerprint density at radius 3 is 2.76 bits per heavy atom. The van der Waals surface area contributed by atoms with Crippen molar-refractivity contribution in [1.29, 1.82) is 0 Å². The highest BCUT2D eigenvalue weighted by molar-refractivity contribution is 5.92. The number of benzene rings is 2. The van der Waals surface area contributed by atoms with Gasteiger partial charge in [0.25, 0.3) is 0 Å². The number of para-hydroxylation sites is 1. The highest BCUT2D eigenvalue weighted by Crippen LogP contribution is 2.42. The Labute approximate surface area is 221 Å². The van der Waals surface area contributed by atoms with E-state index < -0.39 is 0 Å². The van der Waals surface area contributed by atoms with Crippen molar-refractivity contribution >= 4 is 11.6 Å². The molecule has 0 saturated heterocycles. The molecular weight excluding hydrogens is 462 g/mol. The van der Waals surface area contributed by atoms with Crippen molar-refractivity contribution < 1.29 is 14.3 Å². The van der Waals surface area contributed by atoms with Crippen molar-refractivity contribution in [2.24, 2.45) is 0 Å². The van der Waals surface area contributed by atoms with Gasteiger partial charge in [0.05, 0.1) is 6.33 Å². The van der Waals surface area contributed by atoms with E-state index >= 15 is 0 Å². The Bertz CT molecular complexity index is 1160. The van der Waals surface area contributed by atoms with E-state index in [9.17, 15) is 4.79 Å². The summed E-state index contributed by atoms with van der Waals surface area (Å²) in [4.78, 5) is 17.6. The number of nitrogens with one attached hydrogen (secondary N) is 1. The summed E-state index contributed by atoms with van der Waals surface area (Å²) in [5, 5.41) is 3.29. The molecule has 6 heteroatoms. The van der Waals surface area contributed by atoms with Crippen LogP contribution < -0.4 is 14.8 Å². The Balaban J connectivity index is 1.50. The number of rotatable bonds is 12. The quantitative estimate of drug-likeness (QED) is 0.265. The Hall–Kier alpha value is -3.28. The standard InChI is InChI=1S/C31H41N3O3/c1-5-6-7-11-24(25-12-8-13-28-30(25)37-22-36-28)20-29(35)33-27-19-23(14-15-26(27)31(2,3)4)10-9-17-34-18-16-32-21-34/h8,12-16,18-19,21,24H,5-7,9-11,17,20,22H2,1-4H3,(H,33,35). The number of ether oxygens (including phenoxy) is 2. The van der Waals surface area contributed by atoms with E-state index in [4.69, 9.17) is 9.47 Å². The van der Waals surface area contributed by atoms with Gasteiger partial charge in [0.2, 0.25) is 12.7 Å². The number of fused-ring (bicyclic) bond motifs is 1. The number of anilines is 1. The average Bonchev–Trinajstić information content (AvgIpc) is 3.55. The lowest BCUT2D eigenvalue weighted by Crippen LogP contribution is -2.21. The fraction of sp³-hybridized carbons (Fsp3) is 0.484. The predicted molar refractivity (Wildman–Crippen MR) is 148 cm³/mol. The fourth-order valence-corrected chi connectivity index (χ4v) is 5.10. The van der Waals surface area contributed by atoms with E-state index in [1.807, 2.05) is 30.9 Å². The van der Waals surface area contributed by atoms with Crippen LogP contribution in [0.15, 0.2) is 55.1 Å². The van der Waals surface area contributed by atoms with Gasteiger partial charge in [0.15, 0.2) is 11.5 Å². The zero-order valence-electron chi connectivity index (χ0n) is 22.8. The molecule has 1 aromatic heterocycles. The topological polar surface area (TPSA) is 65.4 Å². The Kier molecular flexibility index (Phi) is 8.91. The van der Waals surface area contributed by atoms with Gasteiger partial charge in [-0.3, -0.25) is 4.79 Å². The number of aromatic nitrogens is 2.